The molecule has 0 aromatic carbocycles. The lowest BCUT2D eigenvalue weighted by molar-refractivity contribution is 0.0673. The highest BCUT2D eigenvalue weighted by molar-refractivity contribution is 4.97. The van der Waals surface area contributed by atoms with Crippen LogP contribution in [0.15, 0.2) is 0 Å². The Morgan fingerprint density at radius 3 is 2.38 bits per heavy atom. The minimum atomic E-state index is 0.187. The Kier molecular flexibility index (Phi) is 7.45. The topological polar surface area (TPSA) is 12.5 Å². The fourth-order valence-electron chi connectivity index (χ4n) is 1.50. The van der Waals surface area contributed by atoms with Gasteiger partial charge in [-0.05, 0) is 41.2 Å². The lowest BCUT2D eigenvalue weighted by Crippen LogP contribution is -2.45. The summed E-state index contributed by atoms with van der Waals surface area (Å²) in [5.74, 6) is 5.99. The Hall–Kier alpha value is -0.520. The molecule has 0 fully saturated rings. The van der Waals surface area contributed by atoms with Crippen molar-refractivity contribution >= 4 is 0 Å². The van der Waals surface area contributed by atoms with Crippen LogP contribution in [0.5, 0.6) is 0 Å². The summed E-state index contributed by atoms with van der Waals surface area (Å²) in [7, 11) is 2.17. The molecule has 0 aromatic rings. The fraction of sp³-hybridized carbons (Fsp3) is 0.857. The average molecular weight is 225 g/mol. The highest BCUT2D eigenvalue weighted by Crippen LogP contribution is 2.19. The lowest BCUT2D eigenvalue weighted by atomic mass is 9.98. The normalized spacial score (nSPS) is 11.8. The van der Waals surface area contributed by atoms with Gasteiger partial charge in [0.25, 0.3) is 0 Å². The second-order valence-electron chi connectivity index (χ2n) is 5.03. The molecule has 94 valence electrons. The molecule has 0 radical (unpaired) electrons. The van der Waals surface area contributed by atoms with Crippen LogP contribution in [0, 0.1) is 11.8 Å². The van der Waals surface area contributed by atoms with Crippen LogP contribution in [0.2, 0.25) is 0 Å². The zero-order valence-electron chi connectivity index (χ0n) is 11.8. The molecule has 0 amide bonds. The van der Waals surface area contributed by atoms with E-state index in [0.717, 1.165) is 19.4 Å². The number of rotatable bonds is 6. The van der Waals surface area contributed by atoms with Crippen molar-refractivity contribution in [2.75, 3.05) is 20.3 Å². The third-order valence-electron chi connectivity index (χ3n) is 3.06. The highest BCUT2D eigenvalue weighted by Gasteiger charge is 2.24. The molecule has 0 heterocycles. The van der Waals surface area contributed by atoms with E-state index in [1.165, 1.54) is 0 Å². The van der Waals surface area contributed by atoms with Crippen LogP contribution in [0.4, 0.5) is 0 Å². The highest BCUT2D eigenvalue weighted by atomic mass is 16.5. The third-order valence-corrected chi connectivity index (χ3v) is 3.06. The van der Waals surface area contributed by atoms with E-state index in [-0.39, 0.29) is 5.54 Å². The fourth-order valence-corrected chi connectivity index (χ4v) is 1.50. The Morgan fingerprint density at radius 2 is 1.88 bits per heavy atom. The first-order chi connectivity index (χ1) is 7.41. The van der Waals surface area contributed by atoms with Gasteiger partial charge in [0.2, 0.25) is 0 Å². The van der Waals surface area contributed by atoms with Crippen molar-refractivity contribution in [3.8, 4) is 11.8 Å². The van der Waals surface area contributed by atoms with Gasteiger partial charge in [-0.3, -0.25) is 4.90 Å². The van der Waals surface area contributed by atoms with E-state index in [9.17, 15) is 0 Å². The van der Waals surface area contributed by atoms with Crippen molar-refractivity contribution in [2.45, 2.75) is 59.0 Å². The summed E-state index contributed by atoms with van der Waals surface area (Å²) in [6, 6.07) is 0.565. The number of nitrogens with zero attached hydrogens (tertiary/aromatic N) is 1. The van der Waals surface area contributed by atoms with Gasteiger partial charge in [0.15, 0.2) is 0 Å². The molecular weight excluding hydrogens is 198 g/mol. The Labute approximate surface area is 101 Å². The van der Waals surface area contributed by atoms with Gasteiger partial charge in [0, 0.05) is 24.6 Å². The van der Waals surface area contributed by atoms with Crippen LogP contribution in [0.1, 0.15) is 47.5 Å². The molecule has 0 bridgehead atoms. The Morgan fingerprint density at radius 1 is 1.25 bits per heavy atom. The summed E-state index contributed by atoms with van der Waals surface area (Å²) in [4.78, 5) is 2.38. The largest absolute Gasteiger partial charge is 0.369 e. The van der Waals surface area contributed by atoms with Crippen LogP contribution in [-0.4, -0.2) is 36.7 Å². The van der Waals surface area contributed by atoms with Crippen molar-refractivity contribution in [3.63, 3.8) is 0 Å². The van der Waals surface area contributed by atoms with Gasteiger partial charge in [0.05, 0.1) is 0 Å². The molecule has 0 aliphatic heterocycles. The molecule has 0 saturated carbocycles. The minimum absolute atomic E-state index is 0.187. The molecule has 0 unspecified atom stereocenters. The predicted molar refractivity (Wildman–Crippen MR) is 70.5 cm³/mol. The molecule has 2 nitrogen and oxygen atoms in total. The molecule has 0 spiro atoms. The maximum absolute atomic E-state index is 5.50. The van der Waals surface area contributed by atoms with Gasteiger partial charge in [-0.25, -0.2) is 0 Å². The molecule has 0 aliphatic carbocycles. The van der Waals surface area contributed by atoms with Crippen molar-refractivity contribution in [1.29, 1.82) is 0 Å². The van der Waals surface area contributed by atoms with E-state index in [4.69, 9.17) is 4.74 Å². The van der Waals surface area contributed by atoms with Gasteiger partial charge >= 0.3 is 0 Å². The van der Waals surface area contributed by atoms with Crippen LogP contribution >= 0.6 is 0 Å². The van der Waals surface area contributed by atoms with Crippen molar-refractivity contribution in [2.24, 2.45) is 0 Å². The van der Waals surface area contributed by atoms with E-state index >= 15 is 0 Å². The Bertz CT molecular complexity index is 235. The maximum atomic E-state index is 5.50. The monoisotopic (exact) mass is 225 g/mol. The quantitative estimate of drug-likeness (QED) is 0.509. The third kappa shape index (κ3) is 6.15. The molecule has 16 heavy (non-hydrogen) atoms. The van der Waals surface area contributed by atoms with Crippen LogP contribution in [-0.2, 0) is 4.74 Å². The molecule has 0 saturated heterocycles. The molecule has 0 atom stereocenters. The summed E-state index contributed by atoms with van der Waals surface area (Å²) in [5.41, 5.74) is 0.187. The van der Waals surface area contributed by atoms with Crippen molar-refractivity contribution in [1.82, 2.24) is 4.90 Å². The summed E-state index contributed by atoms with van der Waals surface area (Å²) in [6.07, 6.45) is 1.94. The van der Waals surface area contributed by atoms with E-state index in [1.54, 1.807) is 0 Å². The number of ether oxygens (including phenoxy) is 1. The summed E-state index contributed by atoms with van der Waals surface area (Å²) in [6.45, 7) is 12.3. The van der Waals surface area contributed by atoms with Crippen molar-refractivity contribution < 1.29 is 4.74 Å². The van der Waals surface area contributed by atoms with Gasteiger partial charge in [0.1, 0.15) is 6.61 Å². The second kappa shape index (κ2) is 7.70. The van der Waals surface area contributed by atoms with Gasteiger partial charge in [-0.1, -0.05) is 12.8 Å². The van der Waals surface area contributed by atoms with E-state index in [0.29, 0.717) is 12.6 Å². The first kappa shape index (κ1) is 15.5. The van der Waals surface area contributed by atoms with Crippen LogP contribution in [0.3, 0.4) is 0 Å². The van der Waals surface area contributed by atoms with Gasteiger partial charge < -0.3 is 4.74 Å². The van der Waals surface area contributed by atoms with E-state index in [1.807, 2.05) is 6.92 Å². The Balaban J connectivity index is 3.82. The standard InChI is InChI=1S/C14H27NO/c1-7-8-9-11-16-12-10-14(4,5)15(6)13(2)3/h13H,7,10-12H2,1-6H3. The average Bonchev–Trinajstić information content (AvgIpc) is 2.22. The first-order valence-electron chi connectivity index (χ1n) is 6.18. The maximum Gasteiger partial charge on any atom is 0.107 e. The summed E-state index contributed by atoms with van der Waals surface area (Å²) in [5, 5.41) is 0. The lowest BCUT2D eigenvalue weighted by Gasteiger charge is -2.38. The minimum Gasteiger partial charge on any atom is -0.369 e. The molecule has 0 aliphatic rings. The second-order valence-corrected chi connectivity index (χ2v) is 5.03. The van der Waals surface area contributed by atoms with Gasteiger partial charge in [-0.15, -0.1) is 5.92 Å². The molecule has 2 heteroatoms. The summed E-state index contributed by atoms with van der Waals surface area (Å²) >= 11 is 0. The zero-order chi connectivity index (χ0) is 12.6. The SMILES string of the molecule is CCC#CCOCCC(C)(C)N(C)C(C)C. The summed E-state index contributed by atoms with van der Waals surface area (Å²) < 4.78 is 5.50. The number of hydrogen-bond acceptors (Lipinski definition) is 2. The number of hydrogen-bond donors (Lipinski definition) is 0. The predicted octanol–water partition coefficient (Wildman–Crippen LogP) is 2.93. The van der Waals surface area contributed by atoms with E-state index < -0.39 is 0 Å². The molecule has 0 rings (SSSR count). The van der Waals surface area contributed by atoms with Crippen LogP contribution in [0.25, 0.3) is 0 Å². The first-order valence-corrected chi connectivity index (χ1v) is 6.18. The van der Waals surface area contributed by atoms with E-state index in [2.05, 4.69) is 51.5 Å². The zero-order valence-corrected chi connectivity index (χ0v) is 11.8. The van der Waals surface area contributed by atoms with Gasteiger partial charge in [-0.2, -0.15) is 0 Å². The van der Waals surface area contributed by atoms with Crippen LogP contribution < -0.4 is 0 Å². The molecule has 0 N–H and O–H groups in total. The molecular formula is C14H27NO. The van der Waals surface area contributed by atoms with Crippen molar-refractivity contribution in [3.05, 3.63) is 0 Å². The molecule has 0 aromatic heterocycles. The smallest absolute Gasteiger partial charge is 0.107 e.